The maximum absolute atomic E-state index is 13.1. The number of rotatable bonds is 12. The number of hydrogen-bond acceptors (Lipinski definition) is 26. The molecule has 4 atom stereocenters. The topological polar surface area (TPSA) is 449 Å². The SMILES string of the molecule is CN1C(=O)C(NC(=O)n2cc(Cc3ncccn3)cn2)COc2ccc(Br)cc21.CN1C(=O)C(NC(=O)n2cc(Cc3ncccn3)cn2)COc2ccc(C#CC(C)(C)O)cc21.CN1C(=O)[C@H](NC(=O)n2cc(Cc3ncccn3)cn2)COc2ccc(Br)cc21.CN1C(=O)[C@H](NC(=O)n2cc(Cc3ncccn3)cn2)COc2ccc(C#CC(C)(C)O)cc21. The van der Waals surface area contributed by atoms with E-state index in [1.165, 1.54) is 19.6 Å². The second-order valence-corrected chi connectivity index (χ2v) is 31.4. The van der Waals surface area contributed by atoms with Crippen molar-refractivity contribution in [2.45, 2.75) is 88.7 Å². The van der Waals surface area contributed by atoms with Gasteiger partial charge in [0.15, 0.2) is 0 Å². The van der Waals surface area contributed by atoms with Crippen LogP contribution in [-0.4, -0.2) is 227 Å². The van der Waals surface area contributed by atoms with Crippen LogP contribution < -0.4 is 59.8 Å². The highest BCUT2D eigenvalue weighted by Crippen LogP contribution is 2.37. The molecule has 0 saturated heterocycles. The van der Waals surface area contributed by atoms with Crippen molar-refractivity contribution in [1.29, 1.82) is 0 Å². The molecule has 4 aromatic carbocycles. The van der Waals surface area contributed by atoms with Crippen LogP contribution in [0, 0.1) is 23.7 Å². The molecule has 126 heavy (non-hydrogen) atoms. The molecule has 0 saturated carbocycles. The van der Waals surface area contributed by atoms with Crippen molar-refractivity contribution in [2.75, 3.05) is 74.2 Å². The molecule has 4 aliphatic rings. The summed E-state index contributed by atoms with van der Waals surface area (Å²) in [5.74, 6) is 14.6. The number of ether oxygens (including phenoxy) is 4. The van der Waals surface area contributed by atoms with Gasteiger partial charge in [0.05, 0.1) is 47.5 Å². The molecule has 16 rings (SSSR count). The zero-order valence-electron chi connectivity index (χ0n) is 68.9. The van der Waals surface area contributed by atoms with Gasteiger partial charge in [-0.05, 0) is 147 Å². The van der Waals surface area contributed by atoms with Gasteiger partial charge in [-0.15, -0.1) is 0 Å². The van der Waals surface area contributed by atoms with E-state index in [1.807, 2.05) is 12.1 Å². The maximum atomic E-state index is 13.1. The van der Waals surface area contributed by atoms with Crippen molar-refractivity contribution in [3.8, 4) is 46.7 Å². The lowest BCUT2D eigenvalue weighted by Gasteiger charge is -2.20. The number of anilines is 4. The second-order valence-electron chi connectivity index (χ2n) is 29.6. The molecule has 8 aromatic heterocycles. The molecule has 0 aliphatic carbocycles. The maximum Gasteiger partial charge on any atom is 0.342 e. The predicted molar refractivity (Wildman–Crippen MR) is 462 cm³/mol. The Morgan fingerprint density at radius 3 is 0.849 bits per heavy atom. The summed E-state index contributed by atoms with van der Waals surface area (Å²) in [6.07, 6.45) is 27.5. The van der Waals surface area contributed by atoms with Crippen LogP contribution in [0.5, 0.6) is 23.0 Å². The van der Waals surface area contributed by atoms with Crippen LogP contribution in [0.2, 0.25) is 0 Å². The largest absolute Gasteiger partial charge is 0.489 e. The van der Waals surface area contributed by atoms with Gasteiger partial charge < -0.3 is 70.0 Å². The zero-order chi connectivity index (χ0) is 89.3. The van der Waals surface area contributed by atoms with Crippen LogP contribution in [0.15, 0.2) is 205 Å². The third-order valence-corrected chi connectivity index (χ3v) is 19.8. The highest BCUT2D eigenvalue weighted by atomic mass is 79.9. The number of fused-ring (bicyclic) bond motifs is 4. The van der Waals surface area contributed by atoms with Crippen molar-refractivity contribution < 1.29 is 67.5 Å². The Bertz CT molecular complexity index is 5750. The van der Waals surface area contributed by atoms with Crippen LogP contribution in [0.3, 0.4) is 0 Å². The van der Waals surface area contributed by atoms with E-state index in [-0.39, 0.29) is 50.1 Å². The summed E-state index contributed by atoms with van der Waals surface area (Å²) in [6.45, 7) is 6.33. The lowest BCUT2D eigenvalue weighted by molar-refractivity contribution is -0.121. The van der Waals surface area contributed by atoms with Crippen LogP contribution >= 0.6 is 31.9 Å². The molecular formula is C86H82Br2N24O14. The quantitative estimate of drug-likeness (QED) is 0.0688. The monoisotopic (exact) mass is 1830 g/mol. The number of hydrogen-bond donors (Lipinski definition) is 6. The lowest BCUT2D eigenvalue weighted by atomic mass is 10.1. The fraction of sp³-hybridized carbons (Fsp3) is 0.256. The summed E-state index contributed by atoms with van der Waals surface area (Å²) in [4.78, 5) is 141. The van der Waals surface area contributed by atoms with Crippen LogP contribution in [-0.2, 0) is 44.9 Å². The van der Waals surface area contributed by atoms with Gasteiger partial charge in [-0.2, -0.15) is 39.1 Å². The first kappa shape index (κ1) is 88.8. The number of nitrogens with zero attached hydrogens (tertiary/aromatic N) is 20. The average molecular weight is 1840 g/mol. The number of aliphatic hydroxyl groups is 2. The van der Waals surface area contributed by atoms with Gasteiger partial charge in [0.25, 0.3) is 23.6 Å². The van der Waals surface area contributed by atoms with E-state index in [9.17, 15) is 48.6 Å². The van der Waals surface area contributed by atoms with Gasteiger partial charge in [0.1, 0.15) is 108 Å². The van der Waals surface area contributed by atoms with Crippen molar-refractivity contribution in [2.24, 2.45) is 0 Å². The van der Waals surface area contributed by atoms with Gasteiger partial charge in [0.2, 0.25) is 0 Å². The number of aromatic nitrogens is 16. The third kappa shape index (κ3) is 23.4. The molecule has 644 valence electrons. The molecule has 6 N–H and O–H groups in total. The summed E-state index contributed by atoms with van der Waals surface area (Å²) in [6, 6.07) is 22.4. The average Bonchev–Trinajstić information content (AvgIpc) is 1.55. The first-order valence-corrected chi connectivity index (χ1v) is 40.4. The fourth-order valence-electron chi connectivity index (χ4n) is 12.5. The van der Waals surface area contributed by atoms with E-state index < -0.39 is 59.5 Å². The molecule has 0 fully saturated rings. The van der Waals surface area contributed by atoms with E-state index in [0.29, 0.717) is 106 Å². The van der Waals surface area contributed by atoms with Crippen molar-refractivity contribution >= 4 is 102 Å². The Balaban J connectivity index is 0.000000144. The lowest BCUT2D eigenvalue weighted by Crippen LogP contribution is -2.50. The number of amides is 8. The molecule has 38 nitrogen and oxygen atoms in total. The van der Waals surface area contributed by atoms with Gasteiger partial charge in [-0.3, -0.25) is 19.2 Å². The number of halogens is 2. The van der Waals surface area contributed by atoms with Gasteiger partial charge >= 0.3 is 24.1 Å². The Hall–Kier alpha value is -15.0. The Morgan fingerprint density at radius 2 is 0.611 bits per heavy atom. The second kappa shape index (κ2) is 39.9. The molecular weight excluding hydrogens is 1750 g/mol. The van der Waals surface area contributed by atoms with E-state index in [2.05, 4.69) is 137 Å². The minimum absolute atomic E-state index is 0.0233. The summed E-state index contributed by atoms with van der Waals surface area (Å²) in [5, 5.41) is 46.7. The summed E-state index contributed by atoms with van der Waals surface area (Å²) < 4.78 is 29.3. The smallest absolute Gasteiger partial charge is 0.342 e. The number of carbonyl (C=O) groups excluding carboxylic acids is 8. The van der Waals surface area contributed by atoms with Gasteiger partial charge in [-0.1, -0.05) is 55.5 Å². The molecule has 12 heterocycles. The van der Waals surface area contributed by atoms with Crippen molar-refractivity contribution in [3.63, 3.8) is 0 Å². The Morgan fingerprint density at radius 1 is 0.381 bits per heavy atom. The van der Waals surface area contributed by atoms with E-state index >= 15 is 0 Å². The number of nitrogens with one attached hydrogen (secondary N) is 4. The van der Waals surface area contributed by atoms with E-state index in [1.54, 1.807) is 240 Å². The summed E-state index contributed by atoms with van der Waals surface area (Å²) in [7, 11) is 6.50. The van der Waals surface area contributed by atoms with Gasteiger partial charge in [-0.25, -0.2) is 59.0 Å². The minimum atomic E-state index is -1.14. The van der Waals surface area contributed by atoms with Crippen molar-refractivity contribution in [1.82, 2.24) is 100 Å². The first-order chi connectivity index (χ1) is 60.4. The Kier molecular flexibility index (Phi) is 28.1. The minimum Gasteiger partial charge on any atom is -0.489 e. The number of carbonyl (C=O) groups is 8. The van der Waals surface area contributed by atoms with Crippen LogP contribution in [0.1, 0.15) is 84.4 Å². The molecule has 8 amide bonds. The highest BCUT2D eigenvalue weighted by Gasteiger charge is 2.36. The van der Waals surface area contributed by atoms with E-state index in [4.69, 9.17) is 18.9 Å². The molecule has 4 aliphatic heterocycles. The molecule has 2 unspecified atom stereocenters. The molecule has 0 spiro atoms. The first-order valence-electron chi connectivity index (χ1n) is 38.8. The van der Waals surface area contributed by atoms with Gasteiger partial charge in [0, 0.05) is 148 Å². The molecule has 0 radical (unpaired) electrons. The van der Waals surface area contributed by atoms with Crippen molar-refractivity contribution in [3.05, 3.63) is 262 Å². The number of benzene rings is 4. The molecule has 0 bridgehead atoms. The van der Waals surface area contributed by atoms with Crippen LogP contribution in [0.25, 0.3) is 0 Å². The standard InChI is InChI=1S/2C24H24N6O4.2C19H17BrN6O3/c2*1-24(2,33)8-7-16-5-6-20-19(11-16)29(3)22(31)18(15-34-20)28-23(32)30-14-17(13-27-30)12-21-25-9-4-10-26-21;2*1-25-15-8-13(20)3-4-16(15)29-11-14(18(25)27)24-19(28)26-10-12(9-23-26)7-17-21-5-2-6-22-17/h2*4-6,9-11,13-14,18,33H,12,15H2,1-3H3,(H,28,32);2*2-6,8-10,14H,7,11H2,1H3,(H,24,28)/t18-;;14-;/m1.1./s1. The molecule has 40 heteroatoms. The summed E-state index contributed by atoms with van der Waals surface area (Å²) in [5.41, 5.74) is 4.35. The predicted octanol–water partition coefficient (Wildman–Crippen LogP) is 6.75. The molecule has 12 aromatic rings. The zero-order valence-corrected chi connectivity index (χ0v) is 72.1. The highest BCUT2D eigenvalue weighted by molar-refractivity contribution is 9.10. The van der Waals surface area contributed by atoms with Crippen LogP contribution in [0.4, 0.5) is 41.9 Å². The normalized spacial score (nSPS) is 15.7. The summed E-state index contributed by atoms with van der Waals surface area (Å²) >= 11 is 6.78. The number of likely N-dealkylation sites (N-methyl/N-ethyl adjacent to an activating group) is 4. The fourth-order valence-corrected chi connectivity index (χ4v) is 13.2. The third-order valence-electron chi connectivity index (χ3n) is 18.9. The van der Waals surface area contributed by atoms with E-state index in [0.717, 1.165) is 49.9 Å². The Labute approximate surface area is 737 Å².